The molecule has 1 fully saturated rings. The molecule has 9 heteroatoms. The van der Waals surface area contributed by atoms with Crippen LogP contribution in [0.3, 0.4) is 0 Å². The van der Waals surface area contributed by atoms with Gasteiger partial charge in [-0.15, -0.1) is 0 Å². The second-order valence-corrected chi connectivity index (χ2v) is 11.3. The molecule has 0 aliphatic heterocycles. The largest absolute Gasteiger partial charge is 0.489 e. The number of rotatable bonds is 10. The highest BCUT2D eigenvalue weighted by atomic mass is 35.5. The van der Waals surface area contributed by atoms with Crippen LogP contribution in [0.5, 0.6) is 17.6 Å². The number of ether oxygens (including phenoxy) is 3. The Morgan fingerprint density at radius 3 is 2.57 bits per heavy atom. The van der Waals surface area contributed by atoms with Crippen LogP contribution in [0.4, 0.5) is 0 Å². The molecule has 0 saturated heterocycles. The number of nitrogens with zero attached hydrogens (tertiary/aromatic N) is 4. The minimum atomic E-state index is -0.244. The lowest BCUT2D eigenvalue weighted by molar-refractivity contribution is 0.349. The molecule has 4 aromatic rings. The second-order valence-electron chi connectivity index (χ2n) is 10.8. The topological polar surface area (TPSA) is 88.4 Å². The molecular weight excluding hydrogens is 576 g/mol. The van der Waals surface area contributed by atoms with Crippen LogP contribution in [0.2, 0.25) is 5.02 Å². The molecule has 0 spiro atoms. The summed E-state index contributed by atoms with van der Waals surface area (Å²) < 4.78 is 18.6. The van der Waals surface area contributed by atoms with E-state index in [1.54, 1.807) is 53.6 Å². The van der Waals surface area contributed by atoms with Gasteiger partial charge >= 0.3 is 6.01 Å². The molecule has 1 aliphatic carbocycles. The van der Waals surface area contributed by atoms with Gasteiger partial charge in [-0.25, -0.2) is 4.98 Å². The van der Waals surface area contributed by atoms with E-state index in [0.717, 1.165) is 0 Å². The van der Waals surface area contributed by atoms with Gasteiger partial charge < -0.3 is 14.2 Å². The van der Waals surface area contributed by atoms with Gasteiger partial charge in [-0.3, -0.25) is 14.3 Å². The molecule has 1 saturated carbocycles. The molecule has 3 heterocycles. The maximum Gasteiger partial charge on any atom is 0.319 e. The van der Waals surface area contributed by atoms with Crippen molar-refractivity contribution in [2.24, 2.45) is 5.92 Å². The molecule has 1 aromatic carbocycles. The molecule has 0 unspecified atom stereocenters. The van der Waals surface area contributed by atoms with E-state index in [0.29, 0.717) is 57.1 Å². The molecule has 0 bridgehead atoms. The number of pyridine rings is 2. The van der Waals surface area contributed by atoms with Gasteiger partial charge in [0, 0.05) is 34.7 Å². The first-order valence-electron chi connectivity index (χ1n) is 14.8. The summed E-state index contributed by atoms with van der Waals surface area (Å²) in [5.74, 6) is 1.46. The maximum absolute atomic E-state index is 14.0. The van der Waals surface area contributed by atoms with Crippen LogP contribution in [0.1, 0.15) is 46.0 Å². The standard InChI is InChI=1S/C35H37ClN4O4/c1-5-23(2)27(14-24-10-7-6-8-11-24)22-44-30-16-25(15-28(36)18-30)31-17-26(32-20-38-35(43-4)39-33(32)42-3)21-40(34(31)41)29-12-9-13-37-19-29/h5,9,12-21,24H,6-8,10-11,22H2,1-4H3/b23-5-,27-14-. The van der Waals surface area contributed by atoms with Crippen molar-refractivity contribution in [1.29, 1.82) is 0 Å². The number of halogens is 1. The number of benzene rings is 1. The Morgan fingerprint density at radius 1 is 1.05 bits per heavy atom. The zero-order valence-electron chi connectivity index (χ0n) is 25.5. The lowest BCUT2D eigenvalue weighted by Gasteiger charge is -2.20. The zero-order chi connectivity index (χ0) is 31.1. The molecule has 3 aromatic heterocycles. The predicted octanol–water partition coefficient (Wildman–Crippen LogP) is 7.88. The van der Waals surface area contributed by atoms with Crippen LogP contribution in [-0.4, -0.2) is 40.3 Å². The van der Waals surface area contributed by atoms with Crippen molar-refractivity contribution in [3.05, 3.63) is 99.9 Å². The van der Waals surface area contributed by atoms with Crippen molar-refractivity contribution in [3.63, 3.8) is 0 Å². The van der Waals surface area contributed by atoms with Gasteiger partial charge in [-0.05, 0) is 85.7 Å². The fraction of sp³-hybridized carbons (Fsp3) is 0.314. The number of methoxy groups -OCH3 is 2. The van der Waals surface area contributed by atoms with Crippen LogP contribution in [0.15, 0.2) is 89.3 Å². The van der Waals surface area contributed by atoms with E-state index < -0.39 is 0 Å². The van der Waals surface area contributed by atoms with Crippen molar-refractivity contribution in [2.45, 2.75) is 46.0 Å². The third-order valence-electron chi connectivity index (χ3n) is 7.96. The molecule has 0 amide bonds. The Balaban J connectivity index is 1.57. The van der Waals surface area contributed by atoms with E-state index in [-0.39, 0.29) is 11.6 Å². The quantitative estimate of drug-likeness (QED) is 0.168. The highest BCUT2D eigenvalue weighted by Gasteiger charge is 2.18. The average molecular weight is 613 g/mol. The fourth-order valence-corrected chi connectivity index (χ4v) is 5.68. The van der Waals surface area contributed by atoms with Crippen molar-refractivity contribution >= 4 is 11.6 Å². The first-order chi connectivity index (χ1) is 21.4. The Hall–Kier alpha value is -4.43. The van der Waals surface area contributed by atoms with Crippen LogP contribution in [0, 0.1) is 5.92 Å². The molecule has 44 heavy (non-hydrogen) atoms. The SMILES string of the molecule is C/C=C(C)\C(=C/C1CCCCC1)COc1cc(Cl)cc(-c2cc(-c3cnc(OC)nc3OC)cn(-c3cccnc3)c2=O)c1. The van der Waals surface area contributed by atoms with Crippen LogP contribution in [-0.2, 0) is 0 Å². The second kappa shape index (κ2) is 14.4. The highest BCUT2D eigenvalue weighted by molar-refractivity contribution is 6.31. The number of allylic oxidation sites excluding steroid dienone is 2. The third kappa shape index (κ3) is 7.19. The smallest absolute Gasteiger partial charge is 0.319 e. The Morgan fingerprint density at radius 2 is 1.86 bits per heavy atom. The van der Waals surface area contributed by atoms with E-state index in [1.165, 1.54) is 57.5 Å². The van der Waals surface area contributed by atoms with Crippen LogP contribution < -0.4 is 19.8 Å². The Kier molecular flexibility index (Phi) is 10.1. The van der Waals surface area contributed by atoms with Crippen molar-refractivity contribution in [2.75, 3.05) is 20.8 Å². The van der Waals surface area contributed by atoms with Crippen molar-refractivity contribution in [3.8, 4) is 45.6 Å². The summed E-state index contributed by atoms with van der Waals surface area (Å²) >= 11 is 6.63. The Bertz CT molecular complexity index is 1730. The third-order valence-corrected chi connectivity index (χ3v) is 8.18. The minimum absolute atomic E-state index is 0.174. The molecule has 228 valence electrons. The summed E-state index contributed by atoms with van der Waals surface area (Å²) in [6.45, 7) is 4.57. The van der Waals surface area contributed by atoms with Gasteiger partial charge in [0.1, 0.15) is 12.4 Å². The summed E-state index contributed by atoms with van der Waals surface area (Å²) in [6.07, 6.45) is 17.4. The summed E-state index contributed by atoms with van der Waals surface area (Å²) in [5.41, 5.74) is 5.01. The van der Waals surface area contributed by atoms with E-state index in [1.807, 2.05) is 19.1 Å². The van der Waals surface area contributed by atoms with E-state index in [2.05, 4.69) is 34.0 Å². The summed E-state index contributed by atoms with van der Waals surface area (Å²) in [7, 11) is 3.01. The van der Waals surface area contributed by atoms with Gasteiger partial charge in [0.2, 0.25) is 5.88 Å². The average Bonchev–Trinajstić information content (AvgIpc) is 3.06. The van der Waals surface area contributed by atoms with Gasteiger partial charge in [-0.2, -0.15) is 4.98 Å². The highest BCUT2D eigenvalue weighted by Crippen LogP contribution is 2.34. The summed E-state index contributed by atoms with van der Waals surface area (Å²) in [4.78, 5) is 26.8. The van der Waals surface area contributed by atoms with Gasteiger partial charge in [0.05, 0.1) is 31.7 Å². The fourth-order valence-electron chi connectivity index (χ4n) is 5.45. The van der Waals surface area contributed by atoms with Gasteiger partial charge in [-0.1, -0.05) is 43.0 Å². The molecule has 0 atom stereocenters. The van der Waals surface area contributed by atoms with Crippen molar-refractivity contribution in [1.82, 2.24) is 19.5 Å². The first-order valence-corrected chi connectivity index (χ1v) is 15.2. The summed E-state index contributed by atoms with van der Waals surface area (Å²) in [5, 5.41) is 0.459. The molecule has 5 rings (SSSR count). The van der Waals surface area contributed by atoms with E-state index >= 15 is 0 Å². The molecule has 1 aliphatic rings. The lowest BCUT2D eigenvalue weighted by Crippen LogP contribution is -2.20. The lowest BCUT2D eigenvalue weighted by atomic mass is 9.87. The monoisotopic (exact) mass is 612 g/mol. The van der Waals surface area contributed by atoms with E-state index in [4.69, 9.17) is 25.8 Å². The normalized spacial score (nSPS) is 14.4. The minimum Gasteiger partial charge on any atom is -0.489 e. The zero-order valence-corrected chi connectivity index (χ0v) is 26.3. The molecular formula is C35H37ClN4O4. The van der Waals surface area contributed by atoms with Crippen LogP contribution in [0.25, 0.3) is 27.9 Å². The molecule has 0 radical (unpaired) electrons. The molecule has 8 nitrogen and oxygen atoms in total. The molecule has 0 N–H and O–H groups in total. The first kappa shape index (κ1) is 31.0. The number of hydrogen-bond acceptors (Lipinski definition) is 7. The number of hydrogen-bond donors (Lipinski definition) is 0. The van der Waals surface area contributed by atoms with Crippen LogP contribution >= 0.6 is 11.6 Å². The van der Waals surface area contributed by atoms with Gasteiger partial charge in [0.25, 0.3) is 5.56 Å². The van der Waals surface area contributed by atoms with Gasteiger partial charge in [0.15, 0.2) is 0 Å². The summed E-state index contributed by atoms with van der Waals surface area (Å²) in [6, 6.07) is 11.0. The Labute approximate surface area is 263 Å². The number of aromatic nitrogens is 4. The predicted molar refractivity (Wildman–Crippen MR) is 174 cm³/mol. The maximum atomic E-state index is 14.0. The van der Waals surface area contributed by atoms with E-state index in [9.17, 15) is 4.79 Å². The van der Waals surface area contributed by atoms with Crippen molar-refractivity contribution < 1.29 is 14.2 Å².